The number of hydrogen-bond acceptors (Lipinski definition) is 4. The molecule has 2 heterocycles. The Kier molecular flexibility index (Phi) is 5.81. The van der Waals surface area contributed by atoms with Gasteiger partial charge in [0, 0.05) is 42.9 Å². The first-order chi connectivity index (χ1) is 12.6. The predicted molar refractivity (Wildman–Crippen MR) is 104 cm³/mol. The maximum absolute atomic E-state index is 12.6. The van der Waals surface area contributed by atoms with Crippen LogP contribution in [0.15, 0.2) is 67.3 Å². The van der Waals surface area contributed by atoms with Crippen molar-refractivity contribution in [1.29, 1.82) is 0 Å². The third-order valence-electron chi connectivity index (χ3n) is 3.95. The van der Waals surface area contributed by atoms with E-state index >= 15 is 0 Å². The van der Waals surface area contributed by atoms with E-state index in [1.165, 1.54) is 0 Å². The molecule has 2 aromatic heterocycles. The molecule has 26 heavy (non-hydrogen) atoms. The predicted octanol–water partition coefficient (Wildman–Crippen LogP) is 4.19. The number of rotatable bonds is 6. The van der Waals surface area contributed by atoms with Gasteiger partial charge in [0.25, 0.3) is 5.91 Å². The number of carbonyl (C=O) groups is 1. The minimum atomic E-state index is -0.0636. The van der Waals surface area contributed by atoms with Crippen LogP contribution in [0.5, 0.6) is 0 Å². The molecule has 0 unspecified atom stereocenters. The van der Waals surface area contributed by atoms with Gasteiger partial charge < -0.3 is 10.2 Å². The van der Waals surface area contributed by atoms with Crippen LogP contribution in [-0.4, -0.2) is 34.4 Å². The number of carbonyl (C=O) groups excluding carboxylic acids is 1. The number of nitrogens with zero attached hydrogens (tertiary/aromatic N) is 3. The molecule has 0 aliphatic heterocycles. The van der Waals surface area contributed by atoms with E-state index in [9.17, 15) is 4.79 Å². The second-order valence-electron chi connectivity index (χ2n) is 5.93. The van der Waals surface area contributed by atoms with E-state index in [0.717, 1.165) is 23.4 Å². The van der Waals surface area contributed by atoms with Crippen LogP contribution in [0.2, 0.25) is 5.02 Å². The van der Waals surface area contributed by atoms with E-state index in [-0.39, 0.29) is 5.91 Å². The zero-order valence-corrected chi connectivity index (χ0v) is 15.1. The Morgan fingerprint density at radius 1 is 1.04 bits per heavy atom. The summed E-state index contributed by atoms with van der Waals surface area (Å²) in [7, 11) is 1.79. The monoisotopic (exact) mass is 366 g/mol. The lowest BCUT2D eigenvalue weighted by atomic mass is 10.2. The van der Waals surface area contributed by atoms with Crippen molar-refractivity contribution in [3.8, 4) is 0 Å². The third kappa shape index (κ3) is 4.80. The van der Waals surface area contributed by atoms with Crippen LogP contribution < -0.4 is 5.32 Å². The summed E-state index contributed by atoms with van der Waals surface area (Å²) in [6.07, 6.45) is 7.56. The van der Waals surface area contributed by atoms with Crippen LogP contribution >= 0.6 is 11.6 Å². The Morgan fingerprint density at radius 2 is 1.77 bits per heavy atom. The Balaban J connectivity index is 1.64. The summed E-state index contributed by atoms with van der Waals surface area (Å²) >= 11 is 5.90. The van der Waals surface area contributed by atoms with Gasteiger partial charge in [-0.15, -0.1) is 0 Å². The van der Waals surface area contributed by atoms with Gasteiger partial charge in [-0.1, -0.05) is 11.6 Å². The van der Waals surface area contributed by atoms with Crippen LogP contribution in [0, 0.1) is 0 Å². The highest BCUT2D eigenvalue weighted by molar-refractivity contribution is 6.30. The minimum Gasteiger partial charge on any atom is -0.354 e. The molecule has 0 aliphatic rings. The Bertz CT molecular complexity index is 868. The van der Waals surface area contributed by atoms with Crippen LogP contribution in [-0.2, 0) is 6.42 Å². The summed E-state index contributed by atoms with van der Waals surface area (Å²) in [6, 6.07) is 13.1. The number of halogens is 1. The quantitative estimate of drug-likeness (QED) is 0.710. The van der Waals surface area contributed by atoms with E-state index in [1.54, 1.807) is 54.9 Å². The first-order valence-electron chi connectivity index (χ1n) is 8.24. The molecule has 6 heteroatoms. The molecule has 1 aromatic carbocycles. The number of nitrogens with one attached hydrogen (secondary N) is 1. The number of likely N-dealkylation sites (N-methyl/N-ethyl adjacent to an activating group) is 1. The van der Waals surface area contributed by atoms with Crippen molar-refractivity contribution < 1.29 is 4.79 Å². The van der Waals surface area contributed by atoms with E-state index in [2.05, 4.69) is 15.3 Å². The first-order valence-corrected chi connectivity index (χ1v) is 8.61. The number of anilines is 2. The Labute approximate surface area is 157 Å². The molecule has 3 rings (SSSR count). The minimum absolute atomic E-state index is 0.0636. The lowest BCUT2D eigenvalue weighted by Gasteiger charge is -2.17. The van der Waals surface area contributed by atoms with Gasteiger partial charge in [-0.05, 0) is 54.4 Å². The second-order valence-corrected chi connectivity index (χ2v) is 6.36. The summed E-state index contributed by atoms with van der Waals surface area (Å²) in [4.78, 5) is 22.5. The van der Waals surface area contributed by atoms with Gasteiger partial charge in [-0.25, -0.2) is 0 Å². The van der Waals surface area contributed by atoms with Gasteiger partial charge >= 0.3 is 0 Å². The molecule has 0 spiro atoms. The first kappa shape index (κ1) is 17.9. The number of aromatic nitrogens is 2. The number of pyridine rings is 2. The molecule has 132 valence electrons. The SMILES string of the molecule is CN(CCc1ccncc1)C(=O)c1cncc(Nc2ccc(Cl)cc2)c1. The highest BCUT2D eigenvalue weighted by atomic mass is 35.5. The number of hydrogen-bond donors (Lipinski definition) is 1. The molecular formula is C20H19ClN4O. The fraction of sp³-hybridized carbons (Fsp3) is 0.150. The molecule has 0 saturated heterocycles. The largest absolute Gasteiger partial charge is 0.354 e. The van der Waals surface area contributed by atoms with Gasteiger partial charge in [-0.2, -0.15) is 0 Å². The van der Waals surface area contributed by atoms with Crippen molar-refractivity contribution in [3.05, 3.63) is 83.4 Å². The maximum Gasteiger partial charge on any atom is 0.255 e. The highest BCUT2D eigenvalue weighted by Gasteiger charge is 2.12. The molecule has 0 fully saturated rings. The Hall–Kier alpha value is -2.92. The fourth-order valence-corrected chi connectivity index (χ4v) is 2.62. The third-order valence-corrected chi connectivity index (χ3v) is 4.20. The number of benzene rings is 1. The molecule has 5 nitrogen and oxygen atoms in total. The van der Waals surface area contributed by atoms with Gasteiger partial charge in [-0.3, -0.25) is 14.8 Å². The summed E-state index contributed by atoms with van der Waals surface area (Å²) in [5.74, 6) is -0.0636. The van der Waals surface area contributed by atoms with Crippen molar-refractivity contribution in [2.24, 2.45) is 0 Å². The van der Waals surface area contributed by atoms with Crippen molar-refractivity contribution in [1.82, 2.24) is 14.9 Å². The van der Waals surface area contributed by atoms with Crippen molar-refractivity contribution in [2.75, 3.05) is 18.9 Å². The summed E-state index contributed by atoms with van der Waals surface area (Å²) in [5, 5.41) is 3.90. The molecule has 0 aliphatic carbocycles. The van der Waals surface area contributed by atoms with Crippen LogP contribution in [0.3, 0.4) is 0 Å². The summed E-state index contributed by atoms with van der Waals surface area (Å²) < 4.78 is 0. The highest BCUT2D eigenvalue weighted by Crippen LogP contribution is 2.19. The average Bonchev–Trinajstić information content (AvgIpc) is 2.68. The van der Waals surface area contributed by atoms with Crippen LogP contribution in [0.1, 0.15) is 15.9 Å². The molecular weight excluding hydrogens is 348 g/mol. The molecule has 0 radical (unpaired) electrons. The van der Waals surface area contributed by atoms with Gasteiger partial charge in [0.15, 0.2) is 0 Å². The lowest BCUT2D eigenvalue weighted by molar-refractivity contribution is 0.0796. The topological polar surface area (TPSA) is 58.1 Å². The zero-order chi connectivity index (χ0) is 18.4. The summed E-state index contributed by atoms with van der Waals surface area (Å²) in [6.45, 7) is 0.623. The number of amides is 1. The standard InChI is InChI=1S/C20H19ClN4O/c1-25(11-8-15-6-9-22-10-7-15)20(26)16-12-19(14-23-13-16)24-18-4-2-17(21)3-5-18/h2-7,9-10,12-14,24H,8,11H2,1H3. The van der Waals surface area contributed by atoms with Gasteiger partial charge in [0.05, 0.1) is 17.4 Å². The maximum atomic E-state index is 12.6. The lowest BCUT2D eigenvalue weighted by Crippen LogP contribution is -2.29. The Morgan fingerprint density at radius 3 is 2.50 bits per heavy atom. The smallest absolute Gasteiger partial charge is 0.255 e. The van der Waals surface area contributed by atoms with E-state index in [1.807, 2.05) is 24.3 Å². The van der Waals surface area contributed by atoms with Crippen molar-refractivity contribution in [3.63, 3.8) is 0 Å². The van der Waals surface area contributed by atoms with E-state index in [4.69, 9.17) is 11.6 Å². The molecule has 0 atom stereocenters. The van der Waals surface area contributed by atoms with E-state index in [0.29, 0.717) is 17.1 Å². The molecule has 1 N–H and O–H groups in total. The fourth-order valence-electron chi connectivity index (χ4n) is 2.49. The van der Waals surface area contributed by atoms with Crippen molar-refractivity contribution in [2.45, 2.75) is 6.42 Å². The molecule has 0 bridgehead atoms. The zero-order valence-electron chi connectivity index (χ0n) is 14.4. The second kappa shape index (κ2) is 8.45. The van der Waals surface area contributed by atoms with Gasteiger partial charge in [0.2, 0.25) is 0 Å². The van der Waals surface area contributed by atoms with Crippen LogP contribution in [0.25, 0.3) is 0 Å². The van der Waals surface area contributed by atoms with Gasteiger partial charge in [0.1, 0.15) is 0 Å². The van der Waals surface area contributed by atoms with Crippen molar-refractivity contribution >= 4 is 28.9 Å². The van der Waals surface area contributed by atoms with Crippen LogP contribution in [0.4, 0.5) is 11.4 Å². The molecule has 3 aromatic rings. The van der Waals surface area contributed by atoms with E-state index < -0.39 is 0 Å². The average molecular weight is 367 g/mol. The summed E-state index contributed by atoms with van der Waals surface area (Å²) in [5.41, 5.74) is 3.32. The molecule has 0 saturated carbocycles. The normalized spacial score (nSPS) is 10.4. The molecule has 1 amide bonds.